The average Bonchev–Trinajstić information content (AvgIpc) is 2.28. The van der Waals surface area contributed by atoms with Crippen molar-refractivity contribution in [1.82, 2.24) is 5.32 Å². The van der Waals surface area contributed by atoms with Crippen molar-refractivity contribution < 1.29 is 4.39 Å². The molecule has 2 heteroatoms. The van der Waals surface area contributed by atoms with Crippen LogP contribution in [-0.4, -0.2) is 12.6 Å². The lowest BCUT2D eigenvalue weighted by atomic mass is 9.67. The van der Waals surface area contributed by atoms with E-state index in [0.717, 1.165) is 13.0 Å². The predicted molar refractivity (Wildman–Crippen MR) is 81.0 cm³/mol. The Balaban J connectivity index is 3.07. The van der Waals surface area contributed by atoms with Crippen LogP contribution < -0.4 is 5.32 Å². The van der Waals surface area contributed by atoms with Gasteiger partial charge >= 0.3 is 0 Å². The summed E-state index contributed by atoms with van der Waals surface area (Å²) in [6, 6.07) is 7.25. The normalized spacial score (nSPS) is 14.5. The first kappa shape index (κ1) is 16.2. The molecular formula is C17H28FN. The van der Waals surface area contributed by atoms with Crippen LogP contribution in [0.5, 0.6) is 0 Å². The van der Waals surface area contributed by atoms with Crippen LogP contribution in [0.2, 0.25) is 0 Å². The fourth-order valence-electron chi connectivity index (χ4n) is 2.98. The van der Waals surface area contributed by atoms with Gasteiger partial charge in [-0.3, -0.25) is 0 Å². The van der Waals surface area contributed by atoms with Gasteiger partial charge in [0.25, 0.3) is 0 Å². The highest BCUT2D eigenvalue weighted by molar-refractivity contribution is 5.27. The second-order valence-electron chi connectivity index (χ2n) is 6.98. The van der Waals surface area contributed by atoms with E-state index in [4.69, 9.17) is 0 Å². The second-order valence-corrected chi connectivity index (χ2v) is 6.98. The number of hydrogen-bond acceptors (Lipinski definition) is 1. The highest BCUT2D eigenvalue weighted by Crippen LogP contribution is 2.36. The first-order valence-corrected chi connectivity index (χ1v) is 7.19. The zero-order valence-corrected chi connectivity index (χ0v) is 13.2. The van der Waals surface area contributed by atoms with Crippen molar-refractivity contribution in [1.29, 1.82) is 0 Å². The number of halogens is 1. The molecule has 0 fully saturated rings. The Morgan fingerprint density at radius 1 is 1.05 bits per heavy atom. The van der Waals surface area contributed by atoms with Gasteiger partial charge in [0.15, 0.2) is 0 Å². The molecule has 0 aliphatic carbocycles. The number of hydrogen-bond donors (Lipinski definition) is 1. The summed E-state index contributed by atoms with van der Waals surface area (Å²) in [5, 5.41) is 3.67. The number of nitrogens with one attached hydrogen (secondary N) is 1. The number of rotatable bonds is 5. The largest absolute Gasteiger partial charge is 0.313 e. The standard InChI is InChI=1S/C17H28FN/c1-7-12-19-15(16(2,3)4)17(5,6)13-8-10-14(18)11-9-13/h8-11,15,19H,7,12H2,1-6H3. The molecule has 0 aliphatic heterocycles. The van der Waals surface area contributed by atoms with E-state index in [1.54, 1.807) is 12.1 Å². The zero-order chi connectivity index (χ0) is 14.7. The van der Waals surface area contributed by atoms with Gasteiger partial charge in [-0.2, -0.15) is 0 Å². The molecule has 0 spiro atoms. The molecule has 108 valence electrons. The summed E-state index contributed by atoms with van der Waals surface area (Å²) in [6.45, 7) is 14.4. The maximum absolute atomic E-state index is 13.1. The molecule has 0 amide bonds. The van der Waals surface area contributed by atoms with Gasteiger partial charge < -0.3 is 5.32 Å². The monoisotopic (exact) mass is 265 g/mol. The molecular weight excluding hydrogens is 237 g/mol. The molecule has 1 nitrogen and oxygen atoms in total. The Labute approximate surface area is 117 Å². The summed E-state index contributed by atoms with van der Waals surface area (Å²) >= 11 is 0. The van der Waals surface area contributed by atoms with E-state index in [2.05, 4.69) is 46.9 Å². The van der Waals surface area contributed by atoms with E-state index < -0.39 is 0 Å². The molecule has 1 atom stereocenters. The molecule has 19 heavy (non-hydrogen) atoms. The first-order chi connectivity index (χ1) is 8.69. The van der Waals surface area contributed by atoms with Crippen molar-refractivity contribution in [3.63, 3.8) is 0 Å². The van der Waals surface area contributed by atoms with Crippen LogP contribution in [-0.2, 0) is 5.41 Å². The lowest BCUT2D eigenvalue weighted by molar-refractivity contribution is 0.182. The highest BCUT2D eigenvalue weighted by Gasteiger charge is 2.38. The van der Waals surface area contributed by atoms with E-state index in [-0.39, 0.29) is 16.6 Å². The Morgan fingerprint density at radius 3 is 2.00 bits per heavy atom. The Hall–Kier alpha value is -0.890. The molecule has 0 bridgehead atoms. The Bertz CT molecular complexity index is 387. The van der Waals surface area contributed by atoms with Crippen LogP contribution >= 0.6 is 0 Å². The van der Waals surface area contributed by atoms with Crippen molar-refractivity contribution in [2.75, 3.05) is 6.54 Å². The third kappa shape index (κ3) is 4.04. The highest BCUT2D eigenvalue weighted by atomic mass is 19.1. The van der Waals surface area contributed by atoms with Gasteiger partial charge in [0.2, 0.25) is 0 Å². The molecule has 0 radical (unpaired) electrons. The van der Waals surface area contributed by atoms with Crippen molar-refractivity contribution in [3.8, 4) is 0 Å². The molecule has 0 saturated carbocycles. The topological polar surface area (TPSA) is 12.0 Å². The predicted octanol–water partition coefficient (Wildman–Crippen LogP) is 4.52. The van der Waals surface area contributed by atoms with Gasteiger partial charge in [-0.15, -0.1) is 0 Å². The van der Waals surface area contributed by atoms with Crippen molar-refractivity contribution >= 4 is 0 Å². The average molecular weight is 265 g/mol. The third-order valence-electron chi connectivity index (χ3n) is 3.77. The van der Waals surface area contributed by atoms with Gasteiger partial charge in [0.05, 0.1) is 0 Å². The minimum atomic E-state index is -0.173. The van der Waals surface area contributed by atoms with E-state index in [0.29, 0.717) is 6.04 Å². The van der Waals surface area contributed by atoms with Crippen molar-refractivity contribution in [2.24, 2.45) is 5.41 Å². The summed E-state index contributed by atoms with van der Waals surface area (Å²) < 4.78 is 13.1. The van der Waals surface area contributed by atoms with Gasteiger partial charge in [0.1, 0.15) is 5.82 Å². The molecule has 0 saturated heterocycles. The van der Waals surface area contributed by atoms with Gasteiger partial charge in [-0.1, -0.05) is 53.7 Å². The van der Waals surface area contributed by atoms with E-state index in [9.17, 15) is 4.39 Å². The van der Waals surface area contributed by atoms with Crippen LogP contribution in [0, 0.1) is 11.2 Å². The maximum Gasteiger partial charge on any atom is 0.123 e. The van der Waals surface area contributed by atoms with Crippen LogP contribution in [0.1, 0.15) is 53.5 Å². The lowest BCUT2D eigenvalue weighted by Gasteiger charge is -2.44. The summed E-state index contributed by atoms with van der Waals surface area (Å²) in [4.78, 5) is 0. The van der Waals surface area contributed by atoms with Gasteiger partial charge in [-0.05, 0) is 36.1 Å². The van der Waals surface area contributed by atoms with E-state index in [1.807, 2.05) is 12.1 Å². The van der Waals surface area contributed by atoms with Crippen molar-refractivity contribution in [3.05, 3.63) is 35.6 Å². The van der Waals surface area contributed by atoms with Crippen LogP contribution in [0.15, 0.2) is 24.3 Å². The molecule has 1 aromatic rings. The second kappa shape index (κ2) is 6.04. The van der Waals surface area contributed by atoms with Gasteiger partial charge in [-0.25, -0.2) is 4.39 Å². The Kier molecular flexibility index (Phi) is 5.14. The molecule has 1 unspecified atom stereocenters. The van der Waals surface area contributed by atoms with E-state index >= 15 is 0 Å². The van der Waals surface area contributed by atoms with Crippen LogP contribution in [0.25, 0.3) is 0 Å². The fraction of sp³-hybridized carbons (Fsp3) is 0.647. The molecule has 0 aromatic heterocycles. The first-order valence-electron chi connectivity index (χ1n) is 7.19. The van der Waals surface area contributed by atoms with Crippen LogP contribution in [0.4, 0.5) is 4.39 Å². The number of benzene rings is 1. The maximum atomic E-state index is 13.1. The SMILES string of the molecule is CCCNC(C(C)(C)C)C(C)(C)c1ccc(F)cc1. The molecule has 0 aliphatic rings. The van der Waals surface area contributed by atoms with E-state index in [1.165, 1.54) is 5.56 Å². The summed E-state index contributed by atoms with van der Waals surface area (Å²) in [6.07, 6.45) is 1.12. The Morgan fingerprint density at radius 2 is 1.58 bits per heavy atom. The fourth-order valence-corrected chi connectivity index (χ4v) is 2.98. The molecule has 1 aromatic carbocycles. The summed E-state index contributed by atoms with van der Waals surface area (Å²) in [5.41, 5.74) is 1.28. The van der Waals surface area contributed by atoms with Gasteiger partial charge in [0, 0.05) is 11.5 Å². The molecule has 1 N–H and O–H groups in total. The zero-order valence-electron chi connectivity index (χ0n) is 13.2. The van der Waals surface area contributed by atoms with Crippen molar-refractivity contribution in [2.45, 2.75) is 59.4 Å². The summed E-state index contributed by atoms with van der Waals surface area (Å²) in [7, 11) is 0. The smallest absolute Gasteiger partial charge is 0.123 e. The van der Waals surface area contributed by atoms with Crippen LogP contribution in [0.3, 0.4) is 0 Å². The lowest BCUT2D eigenvalue weighted by Crippen LogP contribution is -2.52. The third-order valence-corrected chi connectivity index (χ3v) is 3.77. The minimum absolute atomic E-state index is 0.0406. The minimum Gasteiger partial charge on any atom is -0.313 e. The quantitative estimate of drug-likeness (QED) is 0.825. The summed E-state index contributed by atoms with van der Waals surface area (Å²) in [5.74, 6) is -0.173. The molecule has 1 rings (SSSR count). The molecule has 0 heterocycles.